The van der Waals surface area contributed by atoms with Gasteiger partial charge in [0.1, 0.15) is 28.6 Å². The molecule has 1 aromatic heterocycles. The number of unbranched alkanes of at least 4 members (excludes halogenated alkanes) is 1. The van der Waals surface area contributed by atoms with Gasteiger partial charge in [-0.1, -0.05) is 13.3 Å². The maximum atomic E-state index is 14.0. The van der Waals surface area contributed by atoms with Crippen LogP contribution < -0.4 is 20.9 Å². The second-order valence-corrected chi connectivity index (χ2v) is 8.76. The van der Waals surface area contributed by atoms with Crippen LogP contribution in [0.1, 0.15) is 66.9 Å². The van der Waals surface area contributed by atoms with Crippen LogP contribution >= 0.6 is 0 Å². The minimum atomic E-state index is -1.24. The Labute approximate surface area is 210 Å². The summed E-state index contributed by atoms with van der Waals surface area (Å²) in [5.41, 5.74) is -1.56. The molecule has 2 amide bonds. The van der Waals surface area contributed by atoms with E-state index in [1.165, 1.54) is 0 Å². The molecule has 0 unspecified atom stereocenters. The Balaban J connectivity index is 2.55. The van der Waals surface area contributed by atoms with Gasteiger partial charge >= 0.3 is 12.1 Å². The fraction of sp³-hybridized carbons (Fsp3) is 0.417. The van der Waals surface area contributed by atoms with Crippen molar-refractivity contribution in [3.63, 3.8) is 0 Å². The number of amides is 2. The highest BCUT2D eigenvalue weighted by molar-refractivity contribution is 5.97. The summed E-state index contributed by atoms with van der Waals surface area (Å²) in [5.74, 6) is -6.42. The molecule has 0 aliphatic carbocycles. The molecule has 0 aliphatic heterocycles. The van der Waals surface area contributed by atoms with Crippen LogP contribution in [-0.4, -0.2) is 42.0 Å². The van der Waals surface area contributed by atoms with Crippen LogP contribution in [0.25, 0.3) is 0 Å². The van der Waals surface area contributed by atoms with Crippen molar-refractivity contribution in [1.82, 2.24) is 9.99 Å². The van der Waals surface area contributed by atoms with Gasteiger partial charge in [-0.2, -0.15) is 0 Å². The number of hydrogen-bond acceptors (Lipinski definition) is 7. The highest BCUT2D eigenvalue weighted by Gasteiger charge is 2.28. The van der Waals surface area contributed by atoms with Gasteiger partial charge in [0.25, 0.3) is 5.91 Å². The predicted octanol–water partition coefficient (Wildman–Crippen LogP) is 3.64. The highest BCUT2D eigenvalue weighted by atomic mass is 19.1. The van der Waals surface area contributed by atoms with E-state index in [9.17, 15) is 32.3 Å². The summed E-state index contributed by atoms with van der Waals surface area (Å²) < 4.78 is 57.2. The monoisotopic (exact) mass is 527 g/mol. The van der Waals surface area contributed by atoms with Crippen LogP contribution in [0.4, 0.5) is 18.0 Å². The van der Waals surface area contributed by atoms with Gasteiger partial charge in [-0.25, -0.2) is 32.9 Å². The molecule has 2 rings (SSSR count). The number of nitrogens with zero attached hydrogens (tertiary/aromatic N) is 1. The first kappa shape index (κ1) is 29.2. The molecular formula is C24H28F3N3O7. The number of hydrogen-bond donors (Lipinski definition) is 2. The number of carbonyl (C=O) groups excluding carboxylic acids is 3. The molecule has 0 bridgehead atoms. The number of rotatable bonds is 9. The standard InChI is InChI=1S/C24H28F3N3O7/c1-6-7-8-36-20-18(22(33)35-5)30(29-23(34)37-24(2,3)4)12-15(19(20)31)21(32)28-11-14-16(26)9-13(25)10-17(14)27/h9-10,12H,6-8,11H2,1-5H3,(H,28,32)(H,29,34). The lowest BCUT2D eigenvalue weighted by Gasteiger charge is -2.22. The van der Waals surface area contributed by atoms with Gasteiger partial charge in [0.05, 0.1) is 13.7 Å². The van der Waals surface area contributed by atoms with E-state index >= 15 is 0 Å². The Bertz CT molecular complexity index is 1220. The molecule has 37 heavy (non-hydrogen) atoms. The van der Waals surface area contributed by atoms with Crippen molar-refractivity contribution in [2.75, 3.05) is 19.1 Å². The van der Waals surface area contributed by atoms with E-state index in [0.717, 1.165) is 18.0 Å². The van der Waals surface area contributed by atoms with Crippen molar-refractivity contribution < 1.29 is 41.8 Å². The minimum Gasteiger partial charge on any atom is -0.487 e. The number of esters is 1. The van der Waals surface area contributed by atoms with Crippen LogP contribution in [-0.2, 0) is 16.0 Å². The maximum Gasteiger partial charge on any atom is 0.426 e. The summed E-state index contributed by atoms with van der Waals surface area (Å²) in [6.45, 7) is 5.87. The predicted molar refractivity (Wildman–Crippen MR) is 126 cm³/mol. The second-order valence-electron chi connectivity index (χ2n) is 8.76. The normalized spacial score (nSPS) is 11.0. The molecule has 2 N–H and O–H groups in total. The molecule has 0 saturated carbocycles. The second kappa shape index (κ2) is 12.3. The Morgan fingerprint density at radius 1 is 1.08 bits per heavy atom. The van der Waals surface area contributed by atoms with Crippen LogP contribution in [0.15, 0.2) is 23.1 Å². The molecule has 0 aliphatic rings. The number of carbonyl (C=O) groups is 3. The first-order valence-corrected chi connectivity index (χ1v) is 11.2. The van der Waals surface area contributed by atoms with E-state index in [2.05, 4.69) is 10.7 Å². The number of ether oxygens (including phenoxy) is 3. The lowest BCUT2D eigenvalue weighted by molar-refractivity contribution is 0.0572. The summed E-state index contributed by atoms with van der Waals surface area (Å²) in [4.78, 5) is 51.0. The van der Waals surface area contributed by atoms with E-state index in [1.54, 1.807) is 20.8 Å². The van der Waals surface area contributed by atoms with Crippen molar-refractivity contribution in [3.05, 3.63) is 62.8 Å². The summed E-state index contributed by atoms with van der Waals surface area (Å²) in [5, 5.41) is 2.16. The molecule has 1 heterocycles. The van der Waals surface area contributed by atoms with Crippen LogP contribution in [0.5, 0.6) is 5.75 Å². The zero-order valence-corrected chi connectivity index (χ0v) is 21.0. The summed E-state index contributed by atoms with van der Waals surface area (Å²) >= 11 is 0. The Morgan fingerprint density at radius 3 is 2.24 bits per heavy atom. The van der Waals surface area contributed by atoms with E-state index in [1.807, 2.05) is 6.92 Å². The minimum absolute atomic E-state index is 0.0146. The lowest BCUT2D eigenvalue weighted by Crippen LogP contribution is -2.37. The average molecular weight is 527 g/mol. The molecule has 2 aromatic rings. The third-order valence-electron chi connectivity index (χ3n) is 4.67. The summed E-state index contributed by atoms with van der Waals surface area (Å²) in [7, 11) is 1.03. The van der Waals surface area contributed by atoms with Gasteiger partial charge in [-0.3, -0.25) is 9.59 Å². The average Bonchev–Trinajstić information content (AvgIpc) is 2.78. The largest absolute Gasteiger partial charge is 0.487 e. The molecule has 13 heteroatoms. The van der Waals surface area contributed by atoms with E-state index in [-0.39, 0.29) is 6.61 Å². The van der Waals surface area contributed by atoms with Gasteiger partial charge in [0, 0.05) is 30.4 Å². The zero-order chi connectivity index (χ0) is 27.9. The van der Waals surface area contributed by atoms with E-state index in [0.29, 0.717) is 25.0 Å². The van der Waals surface area contributed by atoms with Gasteiger partial charge in [0.2, 0.25) is 11.2 Å². The molecule has 0 spiro atoms. The van der Waals surface area contributed by atoms with Gasteiger partial charge in [-0.15, -0.1) is 0 Å². The number of halogens is 3. The summed E-state index contributed by atoms with van der Waals surface area (Å²) in [6, 6.07) is 0.875. The van der Waals surface area contributed by atoms with Gasteiger partial charge in [-0.05, 0) is 27.2 Å². The fourth-order valence-corrected chi connectivity index (χ4v) is 2.99. The molecule has 0 atom stereocenters. The third-order valence-corrected chi connectivity index (χ3v) is 4.67. The molecule has 10 nitrogen and oxygen atoms in total. The van der Waals surface area contributed by atoms with Crippen molar-refractivity contribution >= 4 is 18.0 Å². The number of pyridine rings is 1. The number of nitrogens with one attached hydrogen (secondary N) is 2. The van der Waals surface area contributed by atoms with Crippen molar-refractivity contribution in [3.8, 4) is 5.75 Å². The molecule has 0 saturated heterocycles. The first-order valence-electron chi connectivity index (χ1n) is 11.2. The lowest BCUT2D eigenvalue weighted by atomic mass is 10.1. The van der Waals surface area contributed by atoms with Crippen LogP contribution in [0, 0.1) is 17.5 Å². The van der Waals surface area contributed by atoms with E-state index < -0.39 is 75.6 Å². The number of methoxy groups -OCH3 is 1. The van der Waals surface area contributed by atoms with Crippen molar-refractivity contribution in [2.24, 2.45) is 0 Å². The molecule has 0 fully saturated rings. The molecule has 0 radical (unpaired) electrons. The Hall–Kier alpha value is -4.03. The number of aromatic nitrogens is 1. The number of benzene rings is 1. The van der Waals surface area contributed by atoms with Gasteiger partial charge in [0.15, 0.2) is 5.69 Å². The van der Waals surface area contributed by atoms with Crippen molar-refractivity contribution in [1.29, 1.82) is 0 Å². The zero-order valence-electron chi connectivity index (χ0n) is 21.0. The van der Waals surface area contributed by atoms with Crippen molar-refractivity contribution in [2.45, 2.75) is 52.7 Å². The molecule has 1 aromatic carbocycles. The van der Waals surface area contributed by atoms with Crippen LogP contribution in [0.2, 0.25) is 0 Å². The SMILES string of the molecule is CCCCOc1c(C(=O)OC)n(NC(=O)OC(C)(C)C)cc(C(=O)NCc2c(F)cc(F)cc2F)c1=O. The fourth-order valence-electron chi connectivity index (χ4n) is 2.99. The first-order chi connectivity index (χ1) is 17.3. The Kier molecular flexibility index (Phi) is 9.69. The van der Waals surface area contributed by atoms with E-state index in [4.69, 9.17) is 14.2 Å². The molecule has 202 valence electrons. The summed E-state index contributed by atoms with van der Waals surface area (Å²) in [6.07, 6.45) is 0.937. The van der Waals surface area contributed by atoms with Crippen LogP contribution in [0.3, 0.4) is 0 Å². The molecular weight excluding hydrogens is 499 g/mol. The highest BCUT2D eigenvalue weighted by Crippen LogP contribution is 2.18. The quantitative estimate of drug-likeness (QED) is 0.377. The maximum absolute atomic E-state index is 14.0. The topological polar surface area (TPSA) is 125 Å². The third kappa shape index (κ3) is 7.72. The smallest absolute Gasteiger partial charge is 0.426 e. The Morgan fingerprint density at radius 2 is 1.70 bits per heavy atom. The van der Waals surface area contributed by atoms with Gasteiger partial charge < -0.3 is 19.5 Å².